The summed E-state index contributed by atoms with van der Waals surface area (Å²) in [6.07, 6.45) is -0.560. The van der Waals surface area contributed by atoms with Gasteiger partial charge in [-0.2, -0.15) is 0 Å². The standard InChI is InChI=1S/C11H15Cl2NO2/c1-2-14-6-8(15)7-16-10-5-3-4-9(12)11(10)13/h3-5,8,14-15H,2,6-7H2,1H3. The van der Waals surface area contributed by atoms with Crippen LogP contribution in [-0.2, 0) is 0 Å². The Kier molecular flexibility index (Phi) is 5.91. The van der Waals surface area contributed by atoms with Crippen LogP contribution >= 0.6 is 23.2 Å². The van der Waals surface area contributed by atoms with Gasteiger partial charge in [0.05, 0.1) is 5.02 Å². The predicted molar refractivity (Wildman–Crippen MR) is 66.5 cm³/mol. The molecule has 0 bridgehead atoms. The Morgan fingerprint density at radius 3 is 2.88 bits per heavy atom. The first-order valence-corrected chi connectivity index (χ1v) is 5.86. The summed E-state index contributed by atoms with van der Waals surface area (Å²) in [5.41, 5.74) is 0. The topological polar surface area (TPSA) is 41.5 Å². The van der Waals surface area contributed by atoms with Crippen LogP contribution in [0.25, 0.3) is 0 Å². The van der Waals surface area contributed by atoms with Crippen molar-refractivity contribution in [1.29, 1.82) is 0 Å². The molecule has 0 aromatic heterocycles. The minimum atomic E-state index is -0.560. The van der Waals surface area contributed by atoms with Gasteiger partial charge in [-0.15, -0.1) is 0 Å². The first-order valence-electron chi connectivity index (χ1n) is 5.10. The van der Waals surface area contributed by atoms with Crippen LogP contribution in [0.1, 0.15) is 6.92 Å². The van der Waals surface area contributed by atoms with Crippen LogP contribution in [0.15, 0.2) is 18.2 Å². The molecule has 1 aromatic rings. The van der Waals surface area contributed by atoms with E-state index < -0.39 is 6.10 Å². The lowest BCUT2D eigenvalue weighted by atomic mass is 10.3. The summed E-state index contributed by atoms with van der Waals surface area (Å²) in [7, 11) is 0. The van der Waals surface area contributed by atoms with Crippen molar-refractivity contribution >= 4 is 23.2 Å². The second-order valence-corrected chi connectivity index (χ2v) is 4.11. The van der Waals surface area contributed by atoms with Crippen molar-refractivity contribution in [3.63, 3.8) is 0 Å². The van der Waals surface area contributed by atoms with Crippen LogP contribution in [0, 0.1) is 0 Å². The van der Waals surface area contributed by atoms with E-state index in [0.717, 1.165) is 6.54 Å². The quantitative estimate of drug-likeness (QED) is 0.828. The summed E-state index contributed by atoms with van der Waals surface area (Å²) in [5, 5.41) is 13.4. The first-order chi connectivity index (χ1) is 7.65. The molecule has 2 N–H and O–H groups in total. The maximum Gasteiger partial charge on any atom is 0.139 e. The van der Waals surface area contributed by atoms with Gasteiger partial charge in [0.2, 0.25) is 0 Å². The van der Waals surface area contributed by atoms with E-state index in [1.165, 1.54) is 0 Å². The molecule has 1 aromatic carbocycles. The zero-order valence-electron chi connectivity index (χ0n) is 9.04. The third-order valence-electron chi connectivity index (χ3n) is 1.98. The van der Waals surface area contributed by atoms with Gasteiger partial charge in [0, 0.05) is 6.54 Å². The second kappa shape index (κ2) is 6.97. The smallest absolute Gasteiger partial charge is 0.139 e. The van der Waals surface area contributed by atoms with Crippen molar-refractivity contribution in [2.75, 3.05) is 19.7 Å². The van der Waals surface area contributed by atoms with Gasteiger partial charge in [0.25, 0.3) is 0 Å². The molecule has 1 atom stereocenters. The highest BCUT2D eigenvalue weighted by atomic mass is 35.5. The molecule has 0 saturated heterocycles. The van der Waals surface area contributed by atoms with Crippen molar-refractivity contribution in [3.8, 4) is 5.75 Å². The molecule has 0 spiro atoms. The highest BCUT2D eigenvalue weighted by Gasteiger charge is 2.08. The number of hydrogen-bond acceptors (Lipinski definition) is 3. The largest absolute Gasteiger partial charge is 0.489 e. The van der Waals surface area contributed by atoms with Crippen LogP contribution in [0.5, 0.6) is 5.75 Å². The third kappa shape index (κ3) is 4.18. The van der Waals surface area contributed by atoms with Crippen molar-refractivity contribution in [1.82, 2.24) is 5.32 Å². The van der Waals surface area contributed by atoms with Gasteiger partial charge in [-0.3, -0.25) is 0 Å². The average molecular weight is 264 g/mol. The molecular weight excluding hydrogens is 249 g/mol. The number of benzene rings is 1. The SMILES string of the molecule is CCNCC(O)COc1cccc(Cl)c1Cl. The van der Waals surface area contributed by atoms with Gasteiger partial charge in [-0.25, -0.2) is 0 Å². The van der Waals surface area contributed by atoms with Gasteiger partial charge < -0.3 is 15.2 Å². The molecule has 3 nitrogen and oxygen atoms in total. The molecule has 0 aliphatic heterocycles. The lowest BCUT2D eigenvalue weighted by Crippen LogP contribution is -2.31. The Morgan fingerprint density at radius 2 is 2.19 bits per heavy atom. The lowest BCUT2D eigenvalue weighted by Gasteiger charge is -2.13. The number of likely N-dealkylation sites (N-methyl/N-ethyl adjacent to an activating group) is 1. The van der Waals surface area contributed by atoms with E-state index in [2.05, 4.69) is 5.32 Å². The van der Waals surface area contributed by atoms with Crippen molar-refractivity contribution < 1.29 is 9.84 Å². The number of rotatable bonds is 6. The number of aliphatic hydroxyl groups is 1. The molecule has 0 aliphatic carbocycles. The minimum absolute atomic E-state index is 0.188. The fraction of sp³-hybridized carbons (Fsp3) is 0.455. The average Bonchev–Trinajstić information content (AvgIpc) is 2.28. The number of aliphatic hydroxyl groups excluding tert-OH is 1. The normalized spacial score (nSPS) is 12.5. The fourth-order valence-corrected chi connectivity index (χ4v) is 1.50. The molecule has 0 radical (unpaired) electrons. The van der Waals surface area contributed by atoms with E-state index in [9.17, 15) is 5.11 Å². The summed E-state index contributed by atoms with van der Waals surface area (Å²) in [5.74, 6) is 0.490. The molecule has 1 rings (SSSR count). The van der Waals surface area contributed by atoms with Crippen LogP contribution < -0.4 is 10.1 Å². The summed E-state index contributed by atoms with van der Waals surface area (Å²) in [4.78, 5) is 0. The van der Waals surface area contributed by atoms with Gasteiger partial charge in [0.15, 0.2) is 0 Å². The number of ether oxygens (including phenoxy) is 1. The zero-order valence-corrected chi connectivity index (χ0v) is 10.6. The molecule has 90 valence electrons. The summed E-state index contributed by atoms with van der Waals surface area (Å²) >= 11 is 11.8. The van der Waals surface area contributed by atoms with E-state index >= 15 is 0 Å². The highest BCUT2D eigenvalue weighted by Crippen LogP contribution is 2.31. The van der Waals surface area contributed by atoms with E-state index in [-0.39, 0.29) is 6.61 Å². The lowest BCUT2D eigenvalue weighted by molar-refractivity contribution is 0.107. The maximum atomic E-state index is 9.54. The molecule has 16 heavy (non-hydrogen) atoms. The molecule has 0 saturated carbocycles. The Morgan fingerprint density at radius 1 is 1.44 bits per heavy atom. The van der Waals surface area contributed by atoms with Crippen LogP contribution in [0.3, 0.4) is 0 Å². The fourth-order valence-electron chi connectivity index (χ4n) is 1.15. The Labute approximate surface area is 105 Å². The van der Waals surface area contributed by atoms with Crippen molar-refractivity contribution in [2.45, 2.75) is 13.0 Å². The molecule has 5 heteroatoms. The molecule has 0 amide bonds. The van der Waals surface area contributed by atoms with Crippen molar-refractivity contribution in [3.05, 3.63) is 28.2 Å². The molecule has 0 heterocycles. The van der Waals surface area contributed by atoms with E-state index in [0.29, 0.717) is 22.3 Å². The van der Waals surface area contributed by atoms with Gasteiger partial charge in [0.1, 0.15) is 23.5 Å². The second-order valence-electron chi connectivity index (χ2n) is 3.32. The van der Waals surface area contributed by atoms with Gasteiger partial charge >= 0.3 is 0 Å². The Balaban J connectivity index is 2.45. The Hall–Kier alpha value is -0.480. The zero-order chi connectivity index (χ0) is 12.0. The number of hydrogen-bond donors (Lipinski definition) is 2. The Bertz CT molecular complexity index is 334. The molecule has 1 unspecified atom stereocenters. The first kappa shape index (κ1) is 13.6. The maximum absolute atomic E-state index is 9.54. The number of nitrogens with one attached hydrogen (secondary N) is 1. The predicted octanol–water partition coefficient (Wildman–Crippen LogP) is 2.34. The van der Waals surface area contributed by atoms with Crippen molar-refractivity contribution in [2.24, 2.45) is 0 Å². The highest BCUT2D eigenvalue weighted by molar-refractivity contribution is 6.42. The third-order valence-corrected chi connectivity index (χ3v) is 2.78. The van der Waals surface area contributed by atoms with Gasteiger partial charge in [-0.1, -0.05) is 36.2 Å². The summed E-state index contributed by atoms with van der Waals surface area (Å²) in [6.45, 7) is 3.47. The van der Waals surface area contributed by atoms with Crippen LogP contribution in [0.2, 0.25) is 10.0 Å². The van der Waals surface area contributed by atoms with E-state index in [1.54, 1.807) is 18.2 Å². The van der Waals surface area contributed by atoms with E-state index in [4.69, 9.17) is 27.9 Å². The van der Waals surface area contributed by atoms with Crippen LogP contribution in [-0.4, -0.2) is 30.9 Å². The summed E-state index contributed by atoms with van der Waals surface area (Å²) < 4.78 is 5.37. The minimum Gasteiger partial charge on any atom is -0.489 e. The summed E-state index contributed by atoms with van der Waals surface area (Å²) in [6, 6.07) is 5.15. The van der Waals surface area contributed by atoms with Crippen LogP contribution in [0.4, 0.5) is 0 Å². The molecule has 0 fully saturated rings. The number of halogens is 2. The van der Waals surface area contributed by atoms with Gasteiger partial charge in [-0.05, 0) is 18.7 Å². The monoisotopic (exact) mass is 263 g/mol. The molecule has 0 aliphatic rings. The molecular formula is C11H15Cl2NO2. The van der Waals surface area contributed by atoms with E-state index in [1.807, 2.05) is 6.92 Å².